The van der Waals surface area contributed by atoms with E-state index in [9.17, 15) is 4.79 Å². The molecule has 0 radical (unpaired) electrons. The van der Waals surface area contributed by atoms with Crippen LogP contribution in [0.2, 0.25) is 0 Å². The van der Waals surface area contributed by atoms with Gasteiger partial charge in [-0.1, -0.05) is 24.3 Å². The van der Waals surface area contributed by atoms with Gasteiger partial charge in [0.2, 0.25) is 0 Å². The molecule has 3 N–H and O–H groups in total. The molecule has 5 nitrogen and oxygen atoms in total. The van der Waals surface area contributed by atoms with E-state index < -0.39 is 0 Å². The quantitative estimate of drug-likeness (QED) is 0.749. The van der Waals surface area contributed by atoms with Gasteiger partial charge in [0.1, 0.15) is 5.82 Å². The van der Waals surface area contributed by atoms with Gasteiger partial charge in [0, 0.05) is 23.2 Å². The highest BCUT2D eigenvalue weighted by Gasteiger charge is 2.13. The Balaban J connectivity index is 2.05. The highest BCUT2D eigenvalue weighted by molar-refractivity contribution is 7.13. The molecule has 3 rings (SSSR count). The van der Waals surface area contributed by atoms with Crippen molar-refractivity contribution in [1.29, 1.82) is 0 Å². The summed E-state index contributed by atoms with van der Waals surface area (Å²) in [6, 6.07) is 7.42. The number of nitrogens with one attached hydrogen (secondary N) is 1. The minimum atomic E-state index is -0.237. The summed E-state index contributed by atoms with van der Waals surface area (Å²) in [5.74, 6) is 0.181. The lowest BCUT2D eigenvalue weighted by Crippen LogP contribution is -2.13. The van der Waals surface area contributed by atoms with Crippen molar-refractivity contribution in [2.75, 3.05) is 11.1 Å². The Morgan fingerprint density at radius 1 is 1.21 bits per heavy atom. The number of fused-ring (bicyclic) bond motifs is 1. The number of hydrogen-bond donors (Lipinski definition) is 2. The average molecular weight is 270 g/mol. The van der Waals surface area contributed by atoms with Crippen molar-refractivity contribution in [2.24, 2.45) is 0 Å². The van der Waals surface area contributed by atoms with Gasteiger partial charge in [-0.15, -0.1) is 11.3 Å². The predicted octanol–water partition coefficient (Wildman–Crippen LogP) is 2.53. The molecule has 1 aromatic carbocycles. The van der Waals surface area contributed by atoms with Crippen molar-refractivity contribution in [3.63, 3.8) is 0 Å². The lowest BCUT2D eigenvalue weighted by Gasteiger charge is -2.07. The number of pyridine rings is 1. The topological polar surface area (TPSA) is 80.9 Å². The largest absolute Gasteiger partial charge is 0.383 e. The van der Waals surface area contributed by atoms with E-state index in [4.69, 9.17) is 5.73 Å². The molecular formula is C13H10N4OS. The van der Waals surface area contributed by atoms with Gasteiger partial charge in [-0.3, -0.25) is 10.1 Å². The maximum absolute atomic E-state index is 12.2. The SMILES string of the molecule is Nc1ncc(C(=O)Nc2nccs2)c2ccccc12. The van der Waals surface area contributed by atoms with Crippen LogP contribution in [0.4, 0.5) is 10.9 Å². The van der Waals surface area contributed by atoms with E-state index in [1.807, 2.05) is 24.3 Å². The van der Waals surface area contributed by atoms with Crippen LogP contribution in [0.25, 0.3) is 10.8 Å². The lowest BCUT2D eigenvalue weighted by atomic mass is 10.1. The lowest BCUT2D eigenvalue weighted by molar-refractivity contribution is 0.102. The first-order chi connectivity index (χ1) is 9.25. The number of benzene rings is 1. The van der Waals surface area contributed by atoms with E-state index in [0.717, 1.165) is 10.8 Å². The zero-order valence-corrected chi connectivity index (χ0v) is 10.6. The first-order valence-electron chi connectivity index (χ1n) is 5.60. The second kappa shape index (κ2) is 4.66. The van der Waals surface area contributed by atoms with Crippen molar-refractivity contribution < 1.29 is 4.79 Å². The number of amides is 1. The Hall–Kier alpha value is -2.47. The van der Waals surface area contributed by atoms with Crippen LogP contribution in [-0.2, 0) is 0 Å². The smallest absolute Gasteiger partial charge is 0.259 e. The molecule has 0 saturated carbocycles. The molecule has 6 heteroatoms. The Morgan fingerprint density at radius 3 is 2.74 bits per heavy atom. The summed E-state index contributed by atoms with van der Waals surface area (Å²) in [4.78, 5) is 20.3. The van der Waals surface area contributed by atoms with Gasteiger partial charge in [0.15, 0.2) is 5.13 Å². The third kappa shape index (κ3) is 2.13. The summed E-state index contributed by atoms with van der Waals surface area (Å²) >= 11 is 1.37. The van der Waals surface area contributed by atoms with Crippen LogP contribution >= 0.6 is 11.3 Å². The second-order valence-electron chi connectivity index (χ2n) is 3.89. The molecule has 19 heavy (non-hydrogen) atoms. The molecule has 0 fully saturated rings. The summed E-state index contributed by atoms with van der Waals surface area (Å²) in [6.45, 7) is 0. The number of carbonyl (C=O) groups is 1. The number of anilines is 2. The normalized spacial score (nSPS) is 10.5. The van der Waals surface area contributed by atoms with Crippen LogP contribution in [0.5, 0.6) is 0 Å². The first kappa shape index (κ1) is 11.6. The van der Waals surface area contributed by atoms with Crippen molar-refractivity contribution in [3.05, 3.63) is 47.6 Å². The molecule has 0 aliphatic heterocycles. The van der Waals surface area contributed by atoms with Crippen LogP contribution in [0.3, 0.4) is 0 Å². The summed E-state index contributed by atoms with van der Waals surface area (Å²) in [6.07, 6.45) is 3.13. The molecule has 3 aromatic rings. The number of nitrogen functional groups attached to an aromatic ring is 1. The van der Waals surface area contributed by atoms with E-state index in [2.05, 4.69) is 15.3 Å². The maximum Gasteiger partial charge on any atom is 0.259 e. The molecule has 0 spiro atoms. The molecular weight excluding hydrogens is 260 g/mol. The number of rotatable bonds is 2. The van der Waals surface area contributed by atoms with Crippen molar-refractivity contribution in [2.45, 2.75) is 0 Å². The van der Waals surface area contributed by atoms with Crippen molar-refractivity contribution >= 4 is 39.0 Å². The summed E-state index contributed by atoms with van der Waals surface area (Å²) in [7, 11) is 0. The first-order valence-corrected chi connectivity index (χ1v) is 6.48. The number of carbonyl (C=O) groups excluding carboxylic acids is 1. The monoisotopic (exact) mass is 270 g/mol. The van der Waals surface area contributed by atoms with Gasteiger partial charge in [-0.2, -0.15) is 0 Å². The van der Waals surface area contributed by atoms with E-state index in [1.165, 1.54) is 17.5 Å². The zero-order chi connectivity index (χ0) is 13.2. The van der Waals surface area contributed by atoms with Gasteiger partial charge in [0.25, 0.3) is 5.91 Å². The number of aromatic nitrogens is 2. The Morgan fingerprint density at radius 2 is 2.00 bits per heavy atom. The van der Waals surface area contributed by atoms with E-state index in [-0.39, 0.29) is 5.91 Å². The summed E-state index contributed by atoms with van der Waals surface area (Å²) in [5.41, 5.74) is 6.29. The molecule has 0 aliphatic carbocycles. The van der Waals surface area contributed by atoms with Crippen LogP contribution < -0.4 is 11.1 Å². The van der Waals surface area contributed by atoms with E-state index >= 15 is 0 Å². The molecule has 1 amide bonds. The third-order valence-corrected chi connectivity index (χ3v) is 3.41. The number of nitrogens with zero attached hydrogens (tertiary/aromatic N) is 2. The average Bonchev–Trinajstić information content (AvgIpc) is 2.92. The highest BCUT2D eigenvalue weighted by Crippen LogP contribution is 2.23. The van der Waals surface area contributed by atoms with Gasteiger partial charge < -0.3 is 5.73 Å². The standard InChI is InChI=1S/C13H10N4OS/c14-11-9-4-2-1-3-8(9)10(7-16-11)12(18)17-13-15-5-6-19-13/h1-7H,(H2,14,16)(H,15,17,18). The van der Waals surface area contributed by atoms with Crippen LogP contribution in [-0.4, -0.2) is 15.9 Å². The molecule has 0 unspecified atom stereocenters. The molecule has 0 bridgehead atoms. The van der Waals surface area contributed by atoms with Crippen LogP contribution in [0, 0.1) is 0 Å². The van der Waals surface area contributed by atoms with Gasteiger partial charge in [0.05, 0.1) is 5.56 Å². The van der Waals surface area contributed by atoms with Crippen molar-refractivity contribution in [3.8, 4) is 0 Å². The maximum atomic E-state index is 12.2. The molecule has 0 saturated heterocycles. The minimum absolute atomic E-state index is 0.237. The Bertz CT molecular complexity index is 739. The third-order valence-electron chi connectivity index (χ3n) is 2.72. The summed E-state index contributed by atoms with van der Waals surface area (Å²) in [5, 5.41) is 6.65. The fourth-order valence-electron chi connectivity index (χ4n) is 1.85. The summed E-state index contributed by atoms with van der Waals surface area (Å²) < 4.78 is 0. The number of thiazole rings is 1. The van der Waals surface area contributed by atoms with E-state index in [1.54, 1.807) is 11.6 Å². The number of nitrogens with two attached hydrogens (primary N) is 1. The molecule has 2 heterocycles. The van der Waals surface area contributed by atoms with Crippen LogP contribution in [0.1, 0.15) is 10.4 Å². The molecule has 0 atom stereocenters. The predicted molar refractivity (Wildman–Crippen MR) is 76.2 cm³/mol. The fourth-order valence-corrected chi connectivity index (χ4v) is 2.37. The van der Waals surface area contributed by atoms with Gasteiger partial charge >= 0.3 is 0 Å². The Labute approximate surface area is 113 Å². The van der Waals surface area contributed by atoms with E-state index in [0.29, 0.717) is 16.5 Å². The fraction of sp³-hybridized carbons (Fsp3) is 0. The molecule has 0 aliphatic rings. The Kier molecular flexibility index (Phi) is 2.85. The number of hydrogen-bond acceptors (Lipinski definition) is 5. The van der Waals surface area contributed by atoms with Crippen LogP contribution in [0.15, 0.2) is 42.0 Å². The molecule has 94 valence electrons. The van der Waals surface area contributed by atoms with Gasteiger partial charge in [-0.05, 0) is 5.39 Å². The zero-order valence-electron chi connectivity index (χ0n) is 9.83. The molecule has 2 aromatic heterocycles. The highest BCUT2D eigenvalue weighted by atomic mass is 32.1. The second-order valence-corrected chi connectivity index (χ2v) is 4.79. The van der Waals surface area contributed by atoms with Crippen molar-refractivity contribution in [1.82, 2.24) is 9.97 Å². The van der Waals surface area contributed by atoms with Gasteiger partial charge in [-0.25, -0.2) is 9.97 Å². The minimum Gasteiger partial charge on any atom is -0.383 e.